The van der Waals surface area contributed by atoms with Gasteiger partial charge in [-0.15, -0.1) is 0 Å². The van der Waals surface area contributed by atoms with Crippen LogP contribution in [0, 0.1) is 10.1 Å². The van der Waals surface area contributed by atoms with Gasteiger partial charge in [0.15, 0.2) is 0 Å². The molecule has 1 aliphatic heterocycles. The van der Waals surface area contributed by atoms with Crippen LogP contribution in [0.1, 0.15) is 15.9 Å². The van der Waals surface area contributed by atoms with Gasteiger partial charge in [-0.25, -0.2) is 4.79 Å². The largest absolute Gasteiger partial charge is 0.418 e. The van der Waals surface area contributed by atoms with Crippen molar-refractivity contribution in [2.24, 2.45) is 0 Å². The molecule has 0 aliphatic carbocycles. The molecule has 0 aromatic heterocycles. The number of hydrogen-bond donors (Lipinski definition) is 0. The third-order valence-corrected chi connectivity index (χ3v) is 2.48. The van der Waals surface area contributed by atoms with E-state index in [1.165, 1.54) is 7.11 Å². The van der Waals surface area contributed by atoms with Crippen LogP contribution in [0.5, 0.6) is 0 Å². The third-order valence-electron chi connectivity index (χ3n) is 2.48. The van der Waals surface area contributed by atoms with Gasteiger partial charge in [-0.3, -0.25) is 10.1 Å². The van der Waals surface area contributed by atoms with Crippen molar-refractivity contribution in [3.63, 3.8) is 0 Å². The topological polar surface area (TPSA) is 78.7 Å². The van der Waals surface area contributed by atoms with Gasteiger partial charge in [0.1, 0.15) is 0 Å². The molecule has 16 heavy (non-hydrogen) atoms. The quantitative estimate of drug-likeness (QED) is 0.432. The second kappa shape index (κ2) is 3.57. The van der Waals surface area contributed by atoms with Crippen molar-refractivity contribution in [2.75, 3.05) is 13.7 Å². The summed E-state index contributed by atoms with van der Waals surface area (Å²) in [6.07, 6.45) is 0. The van der Waals surface area contributed by atoms with Gasteiger partial charge in [0.25, 0.3) is 6.54 Å². The molecule has 0 bridgehead atoms. The van der Waals surface area contributed by atoms with E-state index in [0.29, 0.717) is 11.1 Å². The number of nitro groups is 1. The minimum Gasteiger partial charge on any atom is -0.418 e. The number of fused-ring (bicyclic) bond motifs is 1. The van der Waals surface area contributed by atoms with Crippen LogP contribution in [0.2, 0.25) is 0 Å². The highest BCUT2D eigenvalue weighted by atomic mass is 16.7. The predicted octanol–water partition coefficient (Wildman–Crippen LogP) is 0.933. The standard InChI is InChI=1S/C10H9NO5/c1-15-10(6-11(13)14)8-5-3-2-4-7(8)9(12)16-10/h2-5H,6H2,1H3/t10-/m1/s1. The normalized spacial score (nSPS) is 22.7. The maximum absolute atomic E-state index is 11.5. The van der Waals surface area contributed by atoms with Crippen molar-refractivity contribution in [1.82, 2.24) is 0 Å². The molecule has 0 spiro atoms. The van der Waals surface area contributed by atoms with Crippen molar-refractivity contribution in [3.8, 4) is 0 Å². The van der Waals surface area contributed by atoms with Gasteiger partial charge in [0, 0.05) is 17.6 Å². The highest BCUT2D eigenvalue weighted by Crippen LogP contribution is 2.37. The molecule has 0 fully saturated rings. The summed E-state index contributed by atoms with van der Waals surface area (Å²) >= 11 is 0. The number of esters is 1. The first-order valence-electron chi connectivity index (χ1n) is 4.59. The Bertz CT molecular complexity index is 454. The van der Waals surface area contributed by atoms with E-state index in [2.05, 4.69) is 0 Å². The molecule has 84 valence electrons. The zero-order valence-corrected chi connectivity index (χ0v) is 8.50. The summed E-state index contributed by atoms with van der Waals surface area (Å²) in [6.45, 7) is -0.605. The molecular formula is C10H9NO5. The molecule has 6 nitrogen and oxygen atoms in total. The fourth-order valence-corrected chi connectivity index (χ4v) is 1.76. The Morgan fingerprint density at radius 2 is 2.19 bits per heavy atom. The van der Waals surface area contributed by atoms with Crippen LogP contribution in [0.25, 0.3) is 0 Å². The Morgan fingerprint density at radius 1 is 1.50 bits per heavy atom. The van der Waals surface area contributed by atoms with E-state index in [1.54, 1.807) is 24.3 Å². The molecule has 0 unspecified atom stereocenters. The molecule has 6 heteroatoms. The highest BCUT2D eigenvalue weighted by molar-refractivity contribution is 5.94. The molecule has 0 amide bonds. The van der Waals surface area contributed by atoms with Gasteiger partial charge in [0.2, 0.25) is 0 Å². The SMILES string of the molecule is CO[C@]1(C[N+](=O)[O-])OC(=O)c2ccccc21. The summed E-state index contributed by atoms with van der Waals surface area (Å²) in [7, 11) is 1.28. The van der Waals surface area contributed by atoms with Crippen LogP contribution in [0.4, 0.5) is 0 Å². The van der Waals surface area contributed by atoms with E-state index in [0.717, 1.165) is 0 Å². The van der Waals surface area contributed by atoms with Crippen LogP contribution in [-0.4, -0.2) is 24.5 Å². The van der Waals surface area contributed by atoms with Gasteiger partial charge in [-0.1, -0.05) is 18.2 Å². The number of carbonyl (C=O) groups excluding carboxylic acids is 1. The Morgan fingerprint density at radius 3 is 2.81 bits per heavy atom. The molecule has 1 aromatic carbocycles. The minimum absolute atomic E-state index is 0.311. The lowest BCUT2D eigenvalue weighted by molar-refractivity contribution is -0.520. The van der Waals surface area contributed by atoms with Gasteiger partial charge in [-0.2, -0.15) is 0 Å². The van der Waals surface area contributed by atoms with Crippen LogP contribution in [0.15, 0.2) is 24.3 Å². The maximum atomic E-state index is 11.5. The van der Waals surface area contributed by atoms with E-state index in [9.17, 15) is 14.9 Å². The molecule has 2 rings (SSSR count). The number of methoxy groups -OCH3 is 1. The van der Waals surface area contributed by atoms with Crippen molar-refractivity contribution in [1.29, 1.82) is 0 Å². The summed E-state index contributed by atoms with van der Waals surface area (Å²) in [5.41, 5.74) is 0.713. The lowest BCUT2D eigenvalue weighted by atomic mass is 10.0. The molecule has 1 aliphatic rings. The summed E-state index contributed by atoms with van der Waals surface area (Å²) in [5.74, 6) is -2.18. The van der Waals surface area contributed by atoms with Crippen LogP contribution < -0.4 is 0 Å². The first-order chi connectivity index (χ1) is 7.59. The lowest BCUT2D eigenvalue weighted by Crippen LogP contribution is -2.36. The Labute approximate surface area is 90.9 Å². The molecule has 1 heterocycles. The van der Waals surface area contributed by atoms with Crippen molar-refractivity contribution in [3.05, 3.63) is 45.5 Å². The van der Waals surface area contributed by atoms with Crippen LogP contribution in [-0.2, 0) is 15.3 Å². The van der Waals surface area contributed by atoms with Gasteiger partial charge in [0.05, 0.1) is 5.56 Å². The van der Waals surface area contributed by atoms with E-state index in [4.69, 9.17) is 9.47 Å². The summed E-state index contributed by atoms with van der Waals surface area (Å²) in [4.78, 5) is 21.5. The zero-order chi connectivity index (χ0) is 11.8. The van der Waals surface area contributed by atoms with Crippen LogP contribution >= 0.6 is 0 Å². The summed E-state index contributed by atoms with van der Waals surface area (Å²) in [6, 6.07) is 6.48. The van der Waals surface area contributed by atoms with E-state index in [1.807, 2.05) is 0 Å². The number of cyclic esters (lactones) is 1. The van der Waals surface area contributed by atoms with E-state index < -0.39 is 23.2 Å². The molecule has 0 radical (unpaired) electrons. The number of benzene rings is 1. The van der Waals surface area contributed by atoms with E-state index >= 15 is 0 Å². The fraction of sp³-hybridized carbons (Fsp3) is 0.300. The minimum atomic E-state index is -1.59. The first-order valence-corrected chi connectivity index (χ1v) is 4.59. The number of hydrogen-bond acceptors (Lipinski definition) is 5. The van der Waals surface area contributed by atoms with E-state index in [-0.39, 0.29) is 0 Å². The van der Waals surface area contributed by atoms with Crippen molar-refractivity contribution >= 4 is 5.97 Å². The molecule has 0 saturated heterocycles. The zero-order valence-electron chi connectivity index (χ0n) is 8.50. The molecule has 0 saturated carbocycles. The average molecular weight is 223 g/mol. The Hall–Kier alpha value is -1.95. The maximum Gasteiger partial charge on any atom is 0.341 e. The number of ether oxygens (including phenoxy) is 2. The monoisotopic (exact) mass is 223 g/mol. The lowest BCUT2D eigenvalue weighted by Gasteiger charge is -2.22. The van der Waals surface area contributed by atoms with Crippen LogP contribution in [0.3, 0.4) is 0 Å². The summed E-state index contributed by atoms with van der Waals surface area (Å²) < 4.78 is 10.00. The number of carbonyl (C=O) groups is 1. The Kier molecular flexibility index (Phi) is 2.35. The smallest absolute Gasteiger partial charge is 0.341 e. The fourth-order valence-electron chi connectivity index (χ4n) is 1.76. The predicted molar refractivity (Wildman–Crippen MR) is 52.4 cm³/mol. The second-order valence-electron chi connectivity index (χ2n) is 3.38. The molecular weight excluding hydrogens is 214 g/mol. The molecule has 1 atom stereocenters. The third kappa shape index (κ3) is 1.43. The van der Waals surface area contributed by atoms with Gasteiger partial charge < -0.3 is 9.47 Å². The average Bonchev–Trinajstić information content (AvgIpc) is 2.53. The highest BCUT2D eigenvalue weighted by Gasteiger charge is 2.50. The Balaban J connectivity index is 2.51. The van der Waals surface area contributed by atoms with Crippen molar-refractivity contribution in [2.45, 2.75) is 5.79 Å². The molecule has 1 aromatic rings. The van der Waals surface area contributed by atoms with Gasteiger partial charge in [-0.05, 0) is 6.07 Å². The molecule has 0 N–H and O–H groups in total. The second-order valence-corrected chi connectivity index (χ2v) is 3.38. The summed E-state index contributed by atoms with van der Waals surface area (Å²) in [5, 5.41) is 10.6. The number of nitrogens with zero attached hydrogens (tertiary/aromatic N) is 1. The number of rotatable bonds is 3. The van der Waals surface area contributed by atoms with Crippen molar-refractivity contribution < 1.29 is 19.2 Å². The van der Waals surface area contributed by atoms with Gasteiger partial charge >= 0.3 is 11.8 Å². The first kappa shape index (κ1) is 10.6.